The van der Waals surface area contributed by atoms with Crippen LogP contribution in [0.15, 0.2) is 10.6 Å². The lowest BCUT2D eigenvalue weighted by atomic mass is 10.3. The van der Waals surface area contributed by atoms with Crippen molar-refractivity contribution >= 4 is 11.9 Å². The van der Waals surface area contributed by atoms with Crippen molar-refractivity contribution in [1.82, 2.24) is 15.8 Å². The van der Waals surface area contributed by atoms with Gasteiger partial charge in [0, 0.05) is 26.1 Å². The minimum absolute atomic E-state index is 0.0883. The SMILES string of the molecule is CC(=O)NCCNCc1cc(C(=O)O)no1. The van der Waals surface area contributed by atoms with Crippen LogP contribution in [-0.2, 0) is 11.3 Å². The first-order valence-corrected chi connectivity index (χ1v) is 4.73. The quantitative estimate of drug-likeness (QED) is 0.571. The molecule has 0 bridgehead atoms. The Morgan fingerprint density at radius 2 is 2.25 bits per heavy atom. The third-order valence-electron chi connectivity index (χ3n) is 1.75. The Balaban J connectivity index is 2.21. The lowest BCUT2D eigenvalue weighted by molar-refractivity contribution is -0.118. The number of nitrogens with zero attached hydrogens (tertiary/aromatic N) is 1. The summed E-state index contributed by atoms with van der Waals surface area (Å²) in [6.45, 7) is 2.90. The molecule has 0 unspecified atom stereocenters. The van der Waals surface area contributed by atoms with Crippen molar-refractivity contribution in [1.29, 1.82) is 0 Å². The molecule has 0 spiro atoms. The molecule has 7 nitrogen and oxygen atoms in total. The lowest BCUT2D eigenvalue weighted by Crippen LogP contribution is -2.29. The van der Waals surface area contributed by atoms with Crippen LogP contribution in [0.4, 0.5) is 0 Å². The van der Waals surface area contributed by atoms with Gasteiger partial charge in [-0.1, -0.05) is 5.16 Å². The number of aromatic carboxylic acids is 1. The summed E-state index contributed by atoms with van der Waals surface area (Å²) in [5.74, 6) is -0.761. The Bertz CT molecular complexity index is 375. The maximum absolute atomic E-state index is 10.5. The van der Waals surface area contributed by atoms with Gasteiger partial charge in [0.05, 0.1) is 6.54 Å². The molecule has 0 fully saturated rings. The third kappa shape index (κ3) is 4.09. The van der Waals surface area contributed by atoms with E-state index in [9.17, 15) is 9.59 Å². The van der Waals surface area contributed by atoms with Gasteiger partial charge in [0.25, 0.3) is 0 Å². The minimum Gasteiger partial charge on any atom is -0.476 e. The molecule has 1 aromatic heterocycles. The molecule has 0 saturated heterocycles. The molecule has 16 heavy (non-hydrogen) atoms. The first-order valence-electron chi connectivity index (χ1n) is 4.73. The average molecular weight is 227 g/mol. The predicted octanol–water partition coefficient (Wildman–Crippen LogP) is -0.402. The zero-order chi connectivity index (χ0) is 12.0. The fraction of sp³-hybridized carbons (Fsp3) is 0.444. The van der Waals surface area contributed by atoms with Crippen LogP contribution in [0.1, 0.15) is 23.2 Å². The van der Waals surface area contributed by atoms with Crippen molar-refractivity contribution in [3.8, 4) is 0 Å². The first-order chi connectivity index (χ1) is 7.59. The summed E-state index contributed by atoms with van der Waals surface area (Å²) >= 11 is 0. The predicted molar refractivity (Wildman–Crippen MR) is 53.9 cm³/mol. The zero-order valence-electron chi connectivity index (χ0n) is 8.82. The molecule has 1 aromatic rings. The summed E-state index contributed by atoms with van der Waals surface area (Å²) in [5, 5.41) is 17.5. The number of carboxylic acids is 1. The molecule has 0 aromatic carbocycles. The summed E-state index contributed by atoms with van der Waals surface area (Å²) < 4.78 is 4.77. The molecule has 3 N–H and O–H groups in total. The molecule has 0 aliphatic heterocycles. The second kappa shape index (κ2) is 5.86. The molecule has 1 heterocycles. The molecule has 0 radical (unpaired) electrons. The Kier molecular flexibility index (Phi) is 4.46. The number of carbonyl (C=O) groups is 2. The third-order valence-corrected chi connectivity index (χ3v) is 1.75. The molecule has 0 aliphatic carbocycles. The second-order valence-electron chi connectivity index (χ2n) is 3.14. The van der Waals surface area contributed by atoms with Gasteiger partial charge in [0.1, 0.15) is 0 Å². The zero-order valence-corrected chi connectivity index (χ0v) is 8.82. The topological polar surface area (TPSA) is 104 Å². The number of carboxylic acid groups (broad SMARTS) is 1. The molecule has 1 rings (SSSR count). The maximum Gasteiger partial charge on any atom is 0.358 e. The van der Waals surface area contributed by atoms with Gasteiger partial charge in [-0.2, -0.15) is 0 Å². The second-order valence-corrected chi connectivity index (χ2v) is 3.14. The Morgan fingerprint density at radius 1 is 1.50 bits per heavy atom. The van der Waals surface area contributed by atoms with Crippen LogP contribution in [0.5, 0.6) is 0 Å². The number of hydrogen-bond acceptors (Lipinski definition) is 5. The highest BCUT2D eigenvalue weighted by Crippen LogP contribution is 2.02. The van der Waals surface area contributed by atoms with E-state index >= 15 is 0 Å². The van der Waals surface area contributed by atoms with Crippen molar-refractivity contribution in [2.24, 2.45) is 0 Å². The van der Waals surface area contributed by atoms with Crippen LogP contribution >= 0.6 is 0 Å². The molecule has 0 aliphatic rings. The summed E-state index contributed by atoms with van der Waals surface area (Å²) in [5.41, 5.74) is -0.112. The van der Waals surface area contributed by atoms with Crippen molar-refractivity contribution in [3.63, 3.8) is 0 Å². The van der Waals surface area contributed by atoms with Crippen LogP contribution < -0.4 is 10.6 Å². The molecule has 0 atom stereocenters. The Morgan fingerprint density at radius 3 is 2.81 bits per heavy atom. The molecule has 0 saturated carbocycles. The molecular weight excluding hydrogens is 214 g/mol. The van der Waals surface area contributed by atoms with Gasteiger partial charge < -0.3 is 20.3 Å². The number of hydrogen-bond donors (Lipinski definition) is 3. The summed E-state index contributed by atoms with van der Waals surface area (Å²) in [6, 6.07) is 1.35. The number of nitrogens with one attached hydrogen (secondary N) is 2. The highest BCUT2D eigenvalue weighted by atomic mass is 16.5. The smallest absolute Gasteiger partial charge is 0.358 e. The van der Waals surface area contributed by atoms with E-state index in [1.807, 2.05) is 0 Å². The van der Waals surface area contributed by atoms with E-state index < -0.39 is 5.97 Å². The molecule has 1 amide bonds. The van der Waals surface area contributed by atoms with Crippen molar-refractivity contribution in [2.45, 2.75) is 13.5 Å². The fourth-order valence-electron chi connectivity index (χ4n) is 1.04. The first kappa shape index (κ1) is 12.2. The van der Waals surface area contributed by atoms with E-state index in [0.717, 1.165) is 0 Å². The van der Waals surface area contributed by atoms with E-state index in [-0.39, 0.29) is 11.6 Å². The molecule has 7 heteroatoms. The van der Waals surface area contributed by atoms with Crippen molar-refractivity contribution < 1.29 is 19.2 Å². The van der Waals surface area contributed by atoms with E-state index in [1.54, 1.807) is 0 Å². The van der Waals surface area contributed by atoms with Crippen LogP contribution in [0.3, 0.4) is 0 Å². The number of rotatable bonds is 6. The monoisotopic (exact) mass is 227 g/mol. The Labute approximate surface area is 91.8 Å². The van der Waals surface area contributed by atoms with E-state index in [1.165, 1.54) is 13.0 Å². The van der Waals surface area contributed by atoms with Gasteiger partial charge in [-0.25, -0.2) is 4.79 Å². The van der Waals surface area contributed by atoms with Crippen molar-refractivity contribution in [2.75, 3.05) is 13.1 Å². The van der Waals surface area contributed by atoms with Gasteiger partial charge in [-0.15, -0.1) is 0 Å². The van der Waals surface area contributed by atoms with E-state index in [0.29, 0.717) is 25.4 Å². The van der Waals surface area contributed by atoms with Crippen LogP contribution in [0.25, 0.3) is 0 Å². The molecule has 88 valence electrons. The maximum atomic E-state index is 10.5. The number of carbonyl (C=O) groups excluding carboxylic acids is 1. The normalized spacial score (nSPS) is 10.1. The highest BCUT2D eigenvalue weighted by Gasteiger charge is 2.09. The molecular formula is C9H13N3O4. The van der Waals surface area contributed by atoms with Crippen LogP contribution in [-0.4, -0.2) is 35.2 Å². The van der Waals surface area contributed by atoms with Gasteiger partial charge in [0.15, 0.2) is 11.5 Å². The summed E-state index contributed by atoms with van der Waals surface area (Å²) in [6.07, 6.45) is 0. The Hall–Kier alpha value is -1.89. The number of aromatic nitrogens is 1. The minimum atomic E-state index is -1.12. The standard InChI is InChI=1S/C9H13N3O4/c1-6(13)11-3-2-10-5-7-4-8(9(14)15)12-16-7/h4,10H,2-3,5H2,1H3,(H,11,13)(H,14,15). The van der Waals surface area contributed by atoms with E-state index in [2.05, 4.69) is 15.8 Å². The largest absolute Gasteiger partial charge is 0.476 e. The fourth-order valence-corrected chi connectivity index (χ4v) is 1.04. The summed E-state index contributed by atoms with van der Waals surface area (Å²) in [4.78, 5) is 21.0. The average Bonchev–Trinajstić information content (AvgIpc) is 2.65. The van der Waals surface area contributed by atoms with Gasteiger partial charge in [0.2, 0.25) is 5.91 Å². The lowest BCUT2D eigenvalue weighted by Gasteiger charge is -2.02. The van der Waals surface area contributed by atoms with Crippen LogP contribution in [0, 0.1) is 0 Å². The van der Waals surface area contributed by atoms with Gasteiger partial charge in [-0.3, -0.25) is 4.79 Å². The highest BCUT2D eigenvalue weighted by molar-refractivity contribution is 5.85. The van der Waals surface area contributed by atoms with Crippen molar-refractivity contribution in [3.05, 3.63) is 17.5 Å². The number of amides is 1. The van der Waals surface area contributed by atoms with Crippen LogP contribution in [0.2, 0.25) is 0 Å². The summed E-state index contributed by atoms with van der Waals surface area (Å²) in [7, 11) is 0. The van der Waals surface area contributed by atoms with Gasteiger partial charge >= 0.3 is 5.97 Å². The van der Waals surface area contributed by atoms with Gasteiger partial charge in [-0.05, 0) is 0 Å². The van der Waals surface area contributed by atoms with E-state index in [4.69, 9.17) is 9.63 Å².